The van der Waals surface area contributed by atoms with Crippen molar-refractivity contribution in [3.8, 4) is 17.4 Å². The Balaban J connectivity index is 2.01. The van der Waals surface area contributed by atoms with Crippen LogP contribution in [-0.4, -0.2) is 32.8 Å². The first kappa shape index (κ1) is 13.0. The summed E-state index contributed by atoms with van der Waals surface area (Å²) in [6.45, 7) is 1.49. The van der Waals surface area contributed by atoms with Gasteiger partial charge < -0.3 is 14.5 Å². The van der Waals surface area contributed by atoms with Crippen LogP contribution in [0.4, 0.5) is 0 Å². The molecule has 1 aromatic carbocycles. The fourth-order valence-corrected chi connectivity index (χ4v) is 1.90. The number of aromatic amines is 1. The molecule has 0 radical (unpaired) electrons. The monoisotopic (exact) mass is 284 g/mol. The number of aromatic nitrogens is 4. The smallest absolute Gasteiger partial charge is 0.248 e. The van der Waals surface area contributed by atoms with E-state index in [0.29, 0.717) is 34.1 Å². The van der Waals surface area contributed by atoms with Crippen LogP contribution >= 0.6 is 0 Å². The van der Waals surface area contributed by atoms with E-state index in [9.17, 15) is 4.79 Å². The van der Waals surface area contributed by atoms with E-state index in [2.05, 4.69) is 19.9 Å². The van der Waals surface area contributed by atoms with E-state index in [-0.39, 0.29) is 5.78 Å². The number of carbonyl (C=O) groups excluding carboxylic acids is 1. The first-order chi connectivity index (χ1) is 10.2. The molecule has 0 spiro atoms. The zero-order chi connectivity index (χ0) is 14.8. The number of nitrogens with zero attached hydrogens (tertiary/aromatic N) is 3. The maximum absolute atomic E-state index is 11.4. The highest BCUT2D eigenvalue weighted by Gasteiger charge is 2.13. The third-order valence-corrected chi connectivity index (χ3v) is 2.96. The van der Waals surface area contributed by atoms with Crippen molar-refractivity contribution < 1.29 is 14.3 Å². The molecule has 0 unspecified atom stereocenters. The highest BCUT2D eigenvalue weighted by atomic mass is 16.5. The SMILES string of the molecule is COc1cc(C(C)=O)ccc1Oc1ncnc2nc[nH]c12. The Morgan fingerprint density at radius 3 is 2.81 bits per heavy atom. The molecule has 106 valence electrons. The molecule has 0 saturated carbocycles. The summed E-state index contributed by atoms with van der Waals surface area (Å²) in [5.41, 5.74) is 1.66. The average Bonchev–Trinajstić information content (AvgIpc) is 2.97. The number of rotatable bonds is 4. The lowest BCUT2D eigenvalue weighted by Gasteiger charge is -2.10. The van der Waals surface area contributed by atoms with Crippen molar-refractivity contribution in [1.82, 2.24) is 19.9 Å². The number of hydrogen-bond acceptors (Lipinski definition) is 6. The minimum atomic E-state index is -0.0437. The maximum atomic E-state index is 11.4. The molecule has 1 N–H and O–H groups in total. The van der Waals surface area contributed by atoms with Gasteiger partial charge >= 0.3 is 0 Å². The summed E-state index contributed by atoms with van der Waals surface area (Å²) < 4.78 is 11.0. The van der Waals surface area contributed by atoms with Gasteiger partial charge in [-0.2, -0.15) is 4.98 Å². The van der Waals surface area contributed by atoms with Crippen LogP contribution in [0.5, 0.6) is 17.4 Å². The van der Waals surface area contributed by atoms with Crippen LogP contribution in [0.25, 0.3) is 11.2 Å². The molecule has 0 saturated heterocycles. The largest absolute Gasteiger partial charge is 0.493 e. The minimum absolute atomic E-state index is 0.0437. The van der Waals surface area contributed by atoms with Gasteiger partial charge in [0.15, 0.2) is 22.9 Å². The Labute approximate surface area is 120 Å². The number of ketones is 1. The Hall–Kier alpha value is -2.96. The molecule has 0 aliphatic rings. The van der Waals surface area contributed by atoms with Gasteiger partial charge in [0.1, 0.15) is 11.8 Å². The van der Waals surface area contributed by atoms with Gasteiger partial charge in [-0.3, -0.25) is 4.79 Å². The number of imidazole rings is 1. The predicted octanol–water partition coefficient (Wildman–Crippen LogP) is 2.36. The molecule has 0 aliphatic carbocycles. The van der Waals surface area contributed by atoms with Gasteiger partial charge in [-0.15, -0.1) is 0 Å². The number of ether oxygens (including phenoxy) is 2. The predicted molar refractivity (Wildman–Crippen MR) is 74.8 cm³/mol. The van der Waals surface area contributed by atoms with E-state index in [0.717, 1.165) is 0 Å². The zero-order valence-electron chi connectivity index (χ0n) is 11.5. The molecule has 2 heterocycles. The quantitative estimate of drug-likeness (QED) is 0.740. The van der Waals surface area contributed by atoms with Crippen LogP contribution in [0, 0.1) is 0 Å². The molecule has 3 rings (SSSR count). The van der Waals surface area contributed by atoms with Crippen molar-refractivity contribution in [2.24, 2.45) is 0 Å². The van der Waals surface area contributed by atoms with Crippen molar-refractivity contribution in [2.45, 2.75) is 6.92 Å². The van der Waals surface area contributed by atoms with E-state index in [1.807, 2.05) is 0 Å². The van der Waals surface area contributed by atoms with E-state index < -0.39 is 0 Å². The molecular formula is C14H12N4O3. The number of hydrogen-bond donors (Lipinski definition) is 1. The Morgan fingerprint density at radius 1 is 1.19 bits per heavy atom. The van der Waals surface area contributed by atoms with Crippen molar-refractivity contribution in [3.05, 3.63) is 36.4 Å². The fourth-order valence-electron chi connectivity index (χ4n) is 1.90. The number of H-pyrrole nitrogens is 1. The molecule has 2 aromatic heterocycles. The van der Waals surface area contributed by atoms with Crippen LogP contribution in [0.3, 0.4) is 0 Å². The highest BCUT2D eigenvalue weighted by molar-refractivity contribution is 5.94. The Bertz CT molecular complexity index is 813. The number of fused-ring (bicyclic) bond motifs is 1. The van der Waals surface area contributed by atoms with Gasteiger partial charge in [-0.25, -0.2) is 9.97 Å². The molecule has 0 fully saturated rings. The van der Waals surface area contributed by atoms with Crippen molar-refractivity contribution in [3.63, 3.8) is 0 Å². The number of methoxy groups -OCH3 is 1. The Kier molecular flexibility index (Phi) is 3.23. The third-order valence-electron chi connectivity index (χ3n) is 2.96. The van der Waals surface area contributed by atoms with Crippen molar-refractivity contribution >= 4 is 16.9 Å². The lowest BCUT2D eigenvalue weighted by Crippen LogP contribution is -1.97. The van der Waals surface area contributed by atoms with E-state index in [1.165, 1.54) is 26.7 Å². The van der Waals surface area contributed by atoms with Gasteiger partial charge in [0.2, 0.25) is 5.88 Å². The summed E-state index contributed by atoms with van der Waals surface area (Å²) in [6, 6.07) is 4.97. The molecule has 7 nitrogen and oxygen atoms in total. The van der Waals surface area contributed by atoms with Gasteiger partial charge in [0.05, 0.1) is 13.4 Å². The van der Waals surface area contributed by atoms with Gasteiger partial charge in [0.25, 0.3) is 0 Å². The van der Waals surface area contributed by atoms with Crippen LogP contribution in [0.1, 0.15) is 17.3 Å². The molecule has 21 heavy (non-hydrogen) atoms. The van der Waals surface area contributed by atoms with Crippen LogP contribution in [0.15, 0.2) is 30.9 Å². The first-order valence-corrected chi connectivity index (χ1v) is 6.20. The van der Waals surface area contributed by atoms with E-state index >= 15 is 0 Å². The summed E-state index contributed by atoms with van der Waals surface area (Å²) in [5.74, 6) is 1.20. The second-order valence-electron chi connectivity index (χ2n) is 4.30. The topological polar surface area (TPSA) is 90.0 Å². The molecule has 3 aromatic rings. The number of Topliss-reactive ketones (excluding diaryl/α,β-unsaturated/α-hetero) is 1. The maximum Gasteiger partial charge on any atom is 0.248 e. The Morgan fingerprint density at radius 2 is 2.05 bits per heavy atom. The summed E-state index contributed by atoms with van der Waals surface area (Å²) in [5, 5.41) is 0. The highest BCUT2D eigenvalue weighted by Crippen LogP contribution is 2.33. The summed E-state index contributed by atoms with van der Waals surface area (Å²) in [7, 11) is 1.51. The summed E-state index contributed by atoms with van der Waals surface area (Å²) in [4.78, 5) is 26.4. The first-order valence-electron chi connectivity index (χ1n) is 6.20. The number of carbonyl (C=O) groups is 1. The normalized spacial score (nSPS) is 10.6. The number of benzene rings is 1. The third kappa shape index (κ3) is 2.40. The molecule has 0 bridgehead atoms. The van der Waals surface area contributed by atoms with Crippen LogP contribution < -0.4 is 9.47 Å². The van der Waals surface area contributed by atoms with Gasteiger partial charge in [-0.1, -0.05) is 0 Å². The van der Waals surface area contributed by atoms with Crippen LogP contribution in [0.2, 0.25) is 0 Å². The summed E-state index contributed by atoms with van der Waals surface area (Å²) in [6.07, 6.45) is 2.89. The number of nitrogens with one attached hydrogen (secondary N) is 1. The lowest BCUT2D eigenvalue weighted by molar-refractivity contribution is 0.101. The lowest BCUT2D eigenvalue weighted by atomic mass is 10.1. The minimum Gasteiger partial charge on any atom is -0.493 e. The average molecular weight is 284 g/mol. The second kappa shape index (κ2) is 5.20. The second-order valence-corrected chi connectivity index (χ2v) is 4.30. The molecule has 0 aliphatic heterocycles. The van der Waals surface area contributed by atoms with E-state index in [4.69, 9.17) is 9.47 Å². The van der Waals surface area contributed by atoms with Gasteiger partial charge in [0, 0.05) is 5.56 Å². The van der Waals surface area contributed by atoms with Gasteiger partial charge in [-0.05, 0) is 25.1 Å². The van der Waals surface area contributed by atoms with Crippen molar-refractivity contribution in [2.75, 3.05) is 7.11 Å². The fraction of sp³-hybridized carbons (Fsp3) is 0.143. The molecule has 0 atom stereocenters. The van der Waals surface area contributed by atoms with Crippen LogP contribution in [-0.2, 0) is 0 Å². The molecular weight excluding hydrogens is 272 g/mol. The molecule has 7 heteroatoms. The molecule has 0 amide bonds. The van der Waals surface area contributed by atoms with E-state index in [1.54, 1.807) is 18.2 Å². The zero-order valence-corrected chi connectivity index (χ0v) is 11.5. The summed E-state index contributed by atoms with van der Waals surface area (Å²) >= 11 is 0. The standard InChI is InChI=1S/C14H12N4O3/c1-8(19)9-3-4-10(11(5-9)20-2)21-14-12-13(16-6-15-12)17-7-18-14/h3-7H,1-2H3,(H,15,16,17,18). The van der Waals surface area contributed by atoms with Crippen molar-refractivity contribution in [1.29, 1.82) is 0 Å².